The van der Waals surface area contributed by atoms with Crippen LogP contribution in [-0.2, 0) is 0 Å². The number of aromatic nitrogens is 6. The number of benzene rings is 1. The molecule has 23 heavy (non-hydrogen) atoms. The molecule has 0 unspecified atom stereocenters. The first kappa shape index (κ1) is 14.3. The lowest BCUT2D eigenvalue weighted by molar-refractivity contribution is 0.824. The zero-order chi connectivity index (χ0) is 16.1. The van der Waals surface area contributed by atoms with Crippen molar-refractivity contribution in [1.82, 2.24) is 29.5 Å². The maximum atomic E-state index is 6.34. The molecule has 1 aromatic carbocycles. The zero-order valence-electron chi connectivity index (χ0n) is 12.4. The summed E-state index contributed by atoms with van der Waals surface area (Å²) in [7, 11) is 0. The van der Waals surface area contributed by atoms with Gasteiger partial charge in [0.05, 0.1) is 11.2 Å². The van der Waals surface area contributed by atoms with Crippen LogP contribution >= 0.6 is 23.4 Å². The highest BCUT2D eigenvalue weighted by Crippen LogP contribution is 2.33. The summed E-state index contributed by atoms with van der Waals surface area (Å²) in [5.41, 5.74) is 2.28. The van der Waals surface area contributed by atoms with Crippen LogP contribution < -0.4 is 5.84 Å². The highest BCUT2D eigenvalue weighted by molar-refractivity contribution is 7.99. The van der Waals surface area contributed by atoms with E-state index in [0.717, 1.165) is 21.6 Å². The van der Waals surface area contributed by atoms with Gasteiger partial charge in [-0.1, -0.05) is 29.8 Å². The molecule has 9 heteroatoms. The van der Waals surface area contributed by atoms with E-state index in [0.29, 0.717) is 21.7 Å². The van der Waals surface area contributed by atoms with Crippen molar-refractivity contribution in [3.63, 3.8) is 0 Å². The van der Waals surface area contributed by atoms with Gasteiger partial charge >= 0.3 is 0 Å². The van der Waals surface area contributed by atoms with Gasteiger partial charge in [-0.15, -0.1) is 10.2 Å². The predicted octanol–water partition coefficient (Wildman–Crippen LogP) is 2.61. The minimum Gasteiger partial charge on any atom is -0.336 e. The van der Waals surface area contributed by atoms with E-state index in [1.165, 1.54) is 16.4 Å². The van der Waals surface area contributed by atoms with E-state index in [4.69, 9.17) is 17.4 Å². The number of fused-ring (bicyclic) bond motifs is 3. The molecule has 2 N–H and O–H groups in total. The molecule has 0 saturated heterocycles. The number of aryl methyl sites for hydroxylation is 2. The second-order valence-corrected chi connectivity index (χ2v) is 6.40. The second kappa shape index (κ2) is 5.10. The van der Waals surface area contributed by atoms with Gasteiger partial charge in [0.1, 0.15) is 15.9 Å². The van der Waals surface area contributed by atoms with Gasteiger partial charge in [-0.05, 0) is 31.7 Å². The van der Waals surface area contributed by atoms with E-state index < -0.39 is 0 Å². The molecule has 0 aliphatic rings. The molecule has 0 fully saturated rings. The van der Waals surface area contributed by atoms with Crippen molar-refractivity contribution in [2.75, 3.05) is 5.84 Å². The Labute approximate surface area is 140 Å². The SMILES string of the molecule is Cc1nn2c(nc(Sc3nnc(C)n3N)c3ccccc32)c1Cl. The number of halogens is 1. The van der Waals surface area contributed by atoms with Crippen LogP contribution in [0.3, 0.4) is 0 Å². The third-order valence-electron chi connectivity index (χ3n) is 3.56. The number of nitrogens with zero attached hydrogens (tertiary/aromatic N) is 6. The second-order valence-electron chi connectivity index (χ2n) is 5.07. The van der Waals surface area contributed by atoms with Gasteiger partial charge in [-0.25, -0.2) is 14.2 Å². The maximum Gasteiger partial charge on any atom is 0.216 e. The number of nitrogens with two attached hydrogens (primary N) is 1. The van der Waals surface area contributed by atoms with Crippen molar-refractivity contribution in [1.29, 1.82) is 0 Å². The standard InChI is InChI=1S/C14H12ClN7S/c1-7-11(15)12-17-13(23-14-19-18-8(2)21(14)16)9-5-3-4-6-10(9)22(12)20-7/h3-6H,16H2,1-2H3. The third kappa shape index (κ3) is 2.13. The van der Waals surface area contributed by atoms with Crippen LogP contribution in [0, 0.1) is 13.8 Å². The van der Waals surface area contributed by atoms with Gasteiger partial charge in [0.2, 0.25) is 5.16 Å². The molecule has 0 radical (unpaired) electrons. The Bertz CT molecular complexity index is 1050. The maximum absolute atomic E-state index is 6.34. The molecule has 4 aromatic rings. The number of para-hydroxylation sites is 1. The Morgan fingerprint density at radius 3 is 2.70 bits per heavy atom. The van der Waals surface area contributed by atoms with Crippen molar-refractivity contribution in [3.05, 3.63) is 40.8 Å². The first-order valence-electron chi connectivity index (χ1n) is 6.85. The normalized spacial score (nSPS) is 11.6. The smallest absolute Gasteiger partial charge is 0.216 e. The molecule has 3 heterocycles. The van der Waals surface area contributed by atoms with Gasteiger partial charge in [0.25, 0.3) is 0 Å². The average Bonchev–Trinajstić information content (AvgIpc) is 3.02. The minimum atomic E-state index is 0.544. The molecule has 4 rings (SSSR count). The van der Waals surface area contributed by atoms with E-state index in [1.807, 2.05) is 31.2 Å². The summed E-state index contributed by atoms with van der Waals surface area (Å²) < 4.78 is 3.20. The van der Waals surface area contributed by atoms with Gasteiger partial charge in [0.15, 0.2) is 5.65 Å². The molecule has 0 saturated carbocycles. The third-order valence-corrected chi connectivity index (χ3v) is 4.97. The van der Waals surface area contributed by atoms with Crippen LogP contribution in [0.5, 0.6) is 0 Å². The lowest BCUT2D eigenvalue weighted by atomic mass is 10.2. The fraction of sp³-hybridized carbons (Fsp3) is 0.143. The Kier molecular flexibility index (Phi) is 3.17. The summed E-state index contributed by atoms with van der Waals surface area (Å²) in [5, 5.41) is 15.3. The lowest BCUT2D eigenvalue weighted by Crippen LogP contribution is -2.11. The Morgan fingerprint density at radius 1 is 1.17 bits per heavy atom. The van der Waals surface area contributed by atoms with Crippen LogP contribution in [0.25, 0.3) is 16.6 Å². The van der Waals surface area contributed by atoms with Crippen LogP contribution in [0.1, 0.15) is 11.5 Å². The first-order chi connectivity index (χ1) is 11.1. The molecule has 3 aromatic heterocycles. The Morgan fingerprint density at radius 2 is 1.96 bits per heavy atom. The van der Waals surface area contributed by atoms with E-state index in [-0.39, 0.29) is 0 Å². The average molecular weight is 346 g/mol. The molecule has 0 atom stereocenters. The minimum absolute atomic E-state index is 0.544. The number of nitrogen functional groups attached to an aromatic ring is 1. The Hall–Kier alpha value is -2.32. The highest BCUT2D eigenvalue weighted by Gasteiger charge is 2.17. The molecular formula is C14H12ClN7S. The van der Waals surface area contributed by atoms with Gasteiger partial charge in [0, 0.05) is 5.39 Å². The molecule has 0 aliphatic carbocycles. The summed E-state index contributed by atoms with van der Waals surface area (Å²) in [6, 6.07) is 7.88. The highest BCUT2D eigenvalue weighted by atomic mass is 35.5. The Balaban J connectivity index is 2.00. The number of hydrogen-bond donors (Lipinski definition) is 1. The van der Waals surface area contributed by atoms with Crippen molar-refractivity contribution >= 4 is 39.9 Å². The monoisotopic (exact) mass is 345 g/mol. The van der Waals surface area contributed by atoms with Gasteiger partial charge in [-0.2, -0.15) is 5.10 Å². The zero-order valence-corrected chi connectivity index (χ0v) is 13.9. The van der Waals surface area contributed by atoms with Crippen molar-refractivity contribution in [2.45, 2.75) is 24.0 Å². The first-order valence-corrected chi connectivity index (χ1v) is 8.04. The molecule has 0 bridgehead atoms. The van der Waals surface area contributed by atoms with E-state index >= 15 is 0 Å². The number of rotatable bonds is 2. The predicted molar refractivity (Wildman–Crippen MR) is 89.3 cm³/mol. The van der Waals surface area contributed by atoms with E-state index in [1.54, 1.807) is 11.4 Å². The quantitative estimate of drug-likeness (QED) is 0.444. The molecule has 0 aliphatic heterocycles. The summed E-state index contributed by atoms with van der Waals surface area (Å²) in [4.78, 5) is 4.66. The van der Waals surface area contributed by atoms with Crippen molar-refractivity contribution in [3.8, 4) is 0 Å². The van der Waals surface area contributed by atoms with Crippen molar-refractivity contribution < 1.29 is 0 Å². The van der Waals surface area contributed by atoms with Crippen LogP contribution in [0.15, 0.2) is 34.4 Å². The van der Waals surface area contributed by atoms with Crippen molar-refractivity contribution in [2.24, 2.45) is 0 Å². The molecule has 0 amide bonds. The molecular weight excluding hydrogens is 334 g/mol. The van der Waals surface area contributed by atoms with E-state index in [9.17, 15) is 0 Å². The largest absolute Gasteiger partial charge is 0.336 e. The lowest BCUT2D eigenvalue weighted by Gasteiger charge is -2.07. The molecule has 116 valence electrons. The number of hydrogen-bond acceptors (Lipinski definition) is 6. The van der Waals surface area contributed by atoms with Crippen LogP contribution in [0.4, 0.5) is 0 Å². The summed E-state index contributed by atoms with van der Waals surface area (Å²) in [6.07, 6.45) is 0. The summed E-state index contributed by atoms with van der Waals surface area (Å²) >= 11 is 7.69. The van der Waals surface area contributed by atoms with Gasteiger partial charge in [-0.3, -0.25) is 0 Å². The van der Waals surface area contributed by atoms with E-state index in [2.05, 4.69) is 20.3 Å². The van der Waals surface area contributed by atoms with Crippen LogP contribution in [0.2, 0.25) is 5.02 Å². The molecule has 7 nitrogen and oxygen atoms in total. The molecule has 0 spiro atoms. The summed E-state index contributed by atoms with van der Waals surface area (Å²) in [6.45, 7) is 3.65. The van der Waals surface area contributed by atoms with Crippen LogP contribution in [-0.4, -0.2) is 29.5 Å². The fourth-order valence-electron chi connectivity index (χ4n) is 2.34. The topological polar surface area (TPSA) is 86.9 Å². The summed E-state index contributed by atoms with van der Waals surface area (Å²) in [5.74, 6) is 6.58. The fourth-order valence-corrected chi connectivity index (χ4v) is 3.40. The van der Waals surface area contributed by atoms with Gasteiger partial charge < -0.3 is 5.84 Å².